The molecule has 6 rings (SSSR count). The van der Waals surface area contributed by atoms with Crippen LogP contribution in [0, 0.1) is 5.82 Å². The minimum absolute atomic E-state index is 0.263. The Hall–Kier alpha value is -3.62. The highest BCUT2D eigenvalue weighted by Gasteiger charge is 2.20. The van der Waals surface area contributed by atoms with Gasteiger partial charge in [-0.05, 0) is 42.0 Å². The predicted molar refractivity (Wildman–Crippen MR) is 133 cm³/mol. The van der Waals surface area contributed by atoms with Crippen LogP contribution in [0.15, 0.2) is 73.4 Å². The van der Waals surface area contributed by atoms with Crippen molar-refractivity contribution in [3.8, 4) is 21.8 Å². The highest BCUT2D eigenvalue weighted by atomic mass is 32.1. The van der Waals surface area contributed by atoms with Crippen molar-refractivity contribution in [1.29, 1.82) is 0 Å². The van der Waals surface area contributed by atoms with E-state index in [-0.39, 0.29) is 5.82 Å². The summed E-state index contributed by atoms with van der Waals surface area (Å²) in [6.07, 6.45) is 5.27. The van der Waals surface area contributed by atoms with E-state index in [0.717, 1.165) is 58.3 Å². The van der Waals surface area contributed by atoms with Crippen LogP contribution in [0.3, 0.4) is 0 Å². The molecule has 0 atom stereocenters. The number of hydrogen-bond donors (Lipinski definition) is 0. The molecule has 4 heterocycles. The number of rotatable bonds is 5. The van der Waals surface area contributed by atoms with Crippen LogP contribution in [-0.2, 0) is 11.3 Å². The fraction of sp³-hybridized carbons (Fsp3) is 0.192. The highest BCUT2D eigenvalue weighted by molar-refractivity contribution is 7.21. The second kappa shape index (κ2) is 8.96. The third kappa shape index (κ3) is 3.95. The molecule has 8 heteroatoms. The summed E-state index contributed by atoms with van der Waals surface area (Å²) in [5, 5.41) is 0.994. The molecule has 1 saturated heterocycles. The Morgan fingerprint density at radius 3 is 2.65 bits per heavy atom. The zero-order valence-electron chi connectivity index (χ0n) is 18.4. The van der Waals surface area contributed by atoms with Crippen molar-refractivity contribution < 1.29 is 9.13 Å². The van der Waals surface area contributed by atoms with Gasteiger partial charge in [-0.25, -0.2) is 19.3 Å². The van der Waals surface area contributed by atoms with Crippen LogP contribution in [0.2, 0.25) is 0 Å². The van der Waals surface area contributed by atoms with Gasteiger partial charge in [0.05, 0.1) is 42.4 Å². The number of thiophene rings is 1. The molecule has 0 N–H and O–H groups in total. The van der Waals surface area contributed by atoms with E-state index in [1.165, 1.54) is 23.4 Å². The molecule has 6 nitrogen and oxygen atoms in total. The van der Waals surface area contributed by atoms with Crippen LogP contribution < -0.4 is 4.90 Å². The first kappa shape index (κ1) is 20.9. The van der Waals surface area contributed by atoms with Crippen molar-refractivity contribution in [2.45, 2.75) is 6.54 Å². The van der Waals surface area contributed by atoms with Crippen LogP contribution in [0.1, 0.15) is 5.56 Å². The first-order valence-electron chi connectivity index (χ1n) is 11.2. The maximum atomic E-state index is 13.6. The molecule has 0 bridgehead atoms. The summed E-state index contributed by atoms with van der Waals surface area (Å²) in [6, 6.07) is 17.1. The van der Waals surface area contributed by atoms with Gasteiger partial charge in [0.1, 0.15) is 17.0 Å². The number of hydrogen-bond acceptors (Lipinski definition) is 6. The van der Waals surface area contributed by atoms with E-state index >= 15 is 0 Å². The van der Waals surface area contributed by atoms with Crippen LogP contribution in [-0.4, -0.2) is 45.8 Å². The van der Waals surface area contributed by atoms with E-state index in [0.29, 0.717) is 6.54 Å². The van der Waals surface area contributed by atoms with Gasteiger partial charge in [0.25, 0.3) is 0 Å². The number of anilines is 1. The molecular formula is C26H22FN5OS. The van der Waals surface area contributed by atoms with Crippen molar-refractivity contribution in [2.24, 2.45) is 0 Å². The van der Waals surface area contributed by atoms with Gasteiger partial charge < -0.3 is 14.2 Å². The summed E-state index contributed by atoms with van der Waals surface area (Å²) < 4.78 is 21.4. The van der Waals surface area contributed by atoms with E-state index in [1.54, 1.807) is 29.8 Å². The normalized spacial score (nSPS) is 14.1. The Bertz CT molecular complexity index is 1410. The zero-order valence-corrected chi connectivity index (χ0v) is 19.2. The largest absolute Gasteiger partial charge is 0.378 e. The van der Waals surface area contributed by atoms with Gasteiger partial charge >= 0.3 is 0 Å². The number of fused-ring (bicyclic) bond motifs is 1. The van der Waals surface area contributed by atoms with Gasteiger partial charge in [-0.3, -0.25) is 0 Å². The predicted octanol–water partition coefficient (Wildman–Crippen LogP) is 5.25. The van der Waals surface area contributed by atoms with Crippen LogP contribution >= 0.6 is 11.3 Å². The summed E-state index contributed by atoms with van der Waals surface area (Å²) in [6.45, 7) is 3.90. The molecule has 0 unspecified atom stereocenters. The van der Waals surface area contributed by atoms with Crippen molar-refractivity contribution in [1.82, 2.24) is 19.5 Å². The van der Waals surface area contributed by atoms with Crippen LogP contribution in [0.4, 0.5) is 10.1 Å². The van der Waals surface area contributed by atoms with E-state index < -0.39 is 0 Å². The topological polar surface area (TPSA) is 56.1 Å². The molecule has 1 aliphatic rings. The third-order valence-corrected chi connectivity index (χ3v) is 7.13. The molecule has 0 aliphatic carbocycles. The van der Waals surface area contributed by atoms with Crippen molar-refractivity contribution in [3.05, 3.63) is 84.8 Å². The third-order valence-electron chi connectivity index (χ3n) is 6.07. The SMILES string of the molecule is Fc1ccc(-c2ncn(Cc3ccccc3N3CCOCC3)c2-c2cc3cncnc3s2)cc1. The van der Waals surface area contributed by atoms with Gasteiger partial charge in [0.2, 0.25) is 0 Å². The van der Waals surface area contributed by atoms with Gasteiger partial charge in [-0.15, -0.1) is 11.3 Å². The quantitative estimate of drug-likeness (QED) is 0.351. The number of halogens is 1. The first-order chi connectivity index (χ1) is 16.8. The zero-order chi connectivity index (χ0) is 22.9. The Morgan fingerprint density at radius 2 is 1.82 bits per heavy atom. The molecule has 0 amide bonds. The van der Waals surface area contributed by atoms with E-state index in [9.17, 15) is 4.39 Å². The maximum Gasteiger partial charge on any atom is 0.127 e. The molecule has 170 valence electrons. The average Bonchev–Trinajstić information content (AvgIpc) is 3.49. The highest BCUT2D eigenvalue weighted by Crippen LogP contribution is 2.38. The Kier molecular flexibility index (Phi) is 5.52. The maximum absolute atomic E-state index is 13.6. The Balaban J connectivity index is 1.46. The van der Waals surface area contributed by atoms with Crippen LogP contribution in [0.25, 0.3) is 32.0 Å². The number of benzene rings is 2. The number of imidazole rings is 1. The summed E-state index contributed by atoms with van der Waals surface area (Å²) in [4.78, 5) is 17.7. The molecule has 1 fully saturated rings. The lowest BCUT2D eigenvalue weighted by Crippen LogP contribution is -2.36. The van der Waals surface area contributed by atoms with Gasteiger partial charge in [0, 0.05) is 35.9 Å². The molecule has 34 heavy (non-hydrogen) atoms. The Morgan fingerprint density at radius 1 is 1.00 bits per heavy atom. The van der Waals surface area contributed by atoms with E-state index in [1.807, 2.05) is 12.5 Å². The molecule has 1 aliphatic heterocycles. The summed E-state index contributed by atoms with van der Waals surface area (Å²) >= 11 is 1.61. The van der Waals surface area contributed by atoms with Gasteiger partial charge in [-0.1, -0.05) is 18.2 Å². The average molecular weight is 472 g/mol. The molecule has 0 radical (unpaired) electrons. The standard InChI is InChI=1S/C26H22FN5OS/c27-21-7-5-18(6-8-21)24-25(23-13-20-14-28-16-29-26(20)34-23)32(17-30-24)15-19-3-1-2-4-22(19)31-9-11-33-12-10-31/h1-8,13-14,16-17H,9-12,15H2. The fourth-order valence-electron chi connectivity index (χ4n) is 4.43. The second-order valence-corrected chi connectivity index (χ2v) is 9.23. The van der Waals surface area contributed by atoms with Crippen molar-refractivity contribution in [3.63, 3.8) is 0 Å². The van der Waals surface area contributed by atoms with E-state index in [2.05, 4.69) is 49.8 Å². The minimum atomic E-state index is -0.263. The van der Waals surface area contributed by atoms with Crippen molar-refractivity contribution in [2.75, 3.05) is 31.2 Å². The molecule has 3 aromatic heterocycles. The lowest BCUT2D eigenvalue weighted by molar-refractivity contribution is 0.122. The second-order valence-electron chi connectivity index (χ2n) is 8.20. The fourth-order valence-corrected chi connectivity index (χ4v) is 5.46. The minimum Gasteiger partial charge on any atom is -0.378 e. The molecule has 5 aromatic rings. The number of nitrogens with zero attached hydrogens (tertiary/aromatic N) is 5. The number of aromatic nitrogens is 4. The first-order valence-corrected chi connectivity index (χ1v) is 12.0. The lowest BCUT2D eigenvalue weighted by atomic mass is 10.1. The lowest BCUT2D eigenvalue weighted by Gasteiger charge is -2.30. The molecule has 2 aromatic carbocycles. The van der Waals surface area contributed by atoms with Gasteiger partial charge in [0.15, 0.2) is 0 Å². The van der Waals surface area contributed by atoms with Gasteiger partial charge in [-0.2, -0.15) is 0 Å². The number of ether oxygens (including phenoxy) is 1. The van der Waals surface area contributed by atoms with E-state index in [4.69, 9.17) is 9.72 Å². The molecule has 0 saturated carbocycles. The monoisotopic (exact) mass is 471 g/mol. The molecular weight excluding hydrogens is 449 g/mol. The summed E-state index contributed by atoms with van der Waals surface area (Å²) in [7, 11) is 0. The summed E-state index contributed by atoms with van der Waals surface area (Å²) in [5.74, 6) is -0.263. The van der Waals surface area contributed by atoms with Crippen LogP contribution in [0.5, 0.6) is 0 Å². The van der Waals surface area contributed by atoms with Crippen molar-refractivity contribution >= 4 is 27.2 Å². The number of para-hydroxylation sites is 1. The summed E-state index contributed by atoms with van der Waals surface area (Å²) in [5.41, 5.74) is 5.13. The molecule has 0 spiro atoms. The Labute approximate surface area is 200 Å². The number of morpholine rings is 1. The smallest absolute Gasteiger partial charge is 0.127 e.